The Balaban J connectivity index is 0.000000133. The van der Waals surface area contributed by atoms with Gasteiger partial charge in [0.2, 0.25) is 65.2 Å². The van der Waals surface area contributed by atoms with Crippen LogP contribution in [0.2, 0.25) is 15.1 Å². The molecule has 19 rings (SSSR count). The number of benzene rings is 6. The summed E-state index contributed by atoms with van der Waals surface area (Å²) >= 11 is 18.5. The molecule has 0 aliphatic heterocycles. The Labute approximate surface area is 834 Å². The van der Waals surface area contributed by atoms with Crippen molar-refractivity contribution in [1.29, 1.82) is 0 Å². The molecule has 12 aromatic rings. The van der Waals surface area contributed by atoms with Gasteiger partial charge in [0.1, 0.15) is 0 Å². The van der Waals surface area contributed by atoms with Crippen molar-refractivity contribution in [2.24, 2.45) is 51.2 Å². The standard InChI is InChI=1S/C20H29N3O2.2C19H27N3O2.C18H22ClN3.2C17H22ClN3O/c1-5-17(24)13-9-10-15-16(11-13)23(14-7-6-8-14)19(21-15)22-18(25)12-20(2,3)4;1-12(23)13-8-9-15-16(10-13)22(14-6-5-7-14)18(20-15)21-17(24)11-19(2,3)4;1-11(2)12(3)18(24)21-19-20-16-9-8-14(13(4)23)10-17(16)22(19)15-6-5-7-15;1-11(14-10-18(14,2)3)20-17-21-15-8-7-12(19)9-16(15)22(17)13-5-4-6-13;1-17(2,3)10-15(22)20-16-19-13-8-7-11(18)9-14(13)21(16)12-5-4-6-12;1-10(2)11(3)16(22)20-17-19-14-8-7-12(18)9-15(14)21(17)13-5-4-6-13/h9-11,14,17,24H,5-8,12H2,1-4H3,(H,21,22,25);8-10,12,14,23H,5-7,11H2,1-4H3,(H,20,21,24);8-13,15,23H,5-7H2,1-4H3,(H,20,21,24);7-9,13-14H,1,4-6,10H2,2-3H3,(H,20,21);7-9,12H,4-6,10H2,1-3H3,(H,19,20,22);7-11,13H,4-6H2,1-3H3,(H,19,20,22)/t;;12-,13?;14-;;11-/m..01.0/s1. The number of nitrogens with zero attached hydrogens (tertiary/aromatic N) is 12. The van der Waals surface area contributed by atoms with Gasteiger partial charge in [-0.1, -0.05) is 184 Å². The second-order valence-corrected chi connectivity index (χ2v) is 46.4. The maximum Gasteiger partial charge on any atom is 0.229 e. The number of hydrogen-bond donors (Lipinski definition) is 9. The molecule has 0 bridgehead atoms. The van der Waals surface area contributed by atoms with E-state index in [9.17, 15) is 39.3 Å². The molecule has 0 saturated heterocycles. The maximum atomic E-state index is 12.5. The lowest BCUT2D eigenvalue weighted by Crippen LogP contribution is -2.27. The molecule has 6 heterocycles. The summed E-state index contributed by atoms with van der Waals surface area (Å²) in [6.07, 6.45) is 22.7. The SMILES string of the molecule is C=C(Nc1nc2ccc(Cl)cc2n1C1CCC1)[C@H]1CC1(C)C.CC(C)(C)CC(=O)Nc1nc2ccc(Cl)cc2n1C1CCC1.CC(C)[C@H](C)C(=O)Nc1nc2ccc(Cl)cc2n1C1CCC1.CC(O)c1ccc2nc(NC(=O)CC(C)(C)C)n(C3CCC3)c2c1.CC(O)c1ccc2nc(NC(=O)[C@@H](C)C(C)C)n(C3CCC3)c2c1.CCC(O)c1ccc2nc(NC(=O)CC(C)(C)C)n(C3CCC3)c2c1. The summed E-state index contributed by atoms with van der Waals surface area (Å²) in [5.41, 5.74) is 15.4. The summed E-state index contributed by atoms with van der Waals surface area (Å²) < 4.78 is 13.1. The van der Waals surface area contributed by atoms with E-state index in [4.69, 9.17) is 39.8 Å². The van der Waals surface area contributed by atoms with E-state index in [2.05, 4.69) is 181 Å². The monoisotopic (exact) mass is 1960 g/mol. The largest absolute Gasteiger partial charge is 0.389 e. The van der Waals surface area contributed by atoms with Crippen LogP contribution in [-0.2, 0) is 24.0 Å². The molecule has 5 amide bonds. The van der Waals surface area contributed by atoms with E-state index in [1.54, 1.807) is 13.8 Å². The lowest BCUT2D eigenvalue weighted by atomic mass is 9.92. The highest BCUT2D eigenvalue weighted by Gasteiger charge is 2.48. The highest BCUT2D eigenvalue weighted by molar-refractivity contribution is 6.32. The van der Waals surface area contributed by atoms with Crippen LogP contribution < -0.4 is 31.9 Å². The van der Waals surface area contributed by atoms with Crippen molar-refractivity contribution in [2.75, 3.05) is 31.9 Å². The van der Waals surface area contributed by atoms with Gasteiger partial charge >= 0.3 is 0 Å². The number of carbonyl (C=O) groups excluding carboxylic acids is 5. The van der Waals surface area contributed by atoms with E-state index in [1.807, 2.05) is 144 Å². The second kappa shape index (κ2) is 43.7. The van der Waals surface area contributed by atoms with Crippen molar-refractivity contribution in [3.8, 4) is 0 Å². The number of aliphatic hydroxyl groups is 3. The number of anilines is 6. The van der Waals surface area contributed by atoms with Crippen LogP contribution in [-0.4, -0.2) is 102 Å². The Bertz CT molecular complexity index is 6310. The minimum atomic E-state index is -0.516. The Kier molecular flexibility index (Phi) is 32.9. The van der Waals surface area contributed by atoms with E-state index < -0.39 is 18.3 Å². The van der Waals surface area contributed by atoms with E-state index in [1.165, 1.54) is 57.8 Å². The zero-order valence-corrected chi connectivity index (χ0v) is 87.6. The van der Waals surface area contributed by atoms with Crippen LogP contribution in [0.4, 0.5) is 35.7 Å². The molecule has 7 aliphatic carbocycles. The molecule has 7 saturated carbocycles. The third-order valence-electron chi connectivity index (χ3n) is 28.8. The van der Waals surface area contributed by atoms with Crippen molar-refractivity contribution in [2.45, 2.75) is 341 Å². The van der Waals surface area contributed by atoms with Crippen LogP contribution >= 0.6 is 34.8 Å². The molecule has 139 heavy (non-hydrogen) atoms. The molecule has 3 unspecified atom stereocenters. The fraction of sp³-hybridized carbons (Fsp3) is 0.555. The first kappa shape index (κ1) is 105. The number of carbonyl (C=O) groups is 5. The first-order valence-corrected chi connectivity index (χ1v) is 51.9. The fourth-order valence-electron chi connectivity index (χ4n) is 18.4. The van der Waals surface area contributed by atoms with Crippen LogP contribution in [0.15, 0.2) is 121 Å². The Morgan fingerprint density at radius 1 is 0.367 bits per heavy atom. The number of nitrogens with one attached hydrogen (secondary N) is 6. The van der Waals surface area contributed by atoms with Crippen LogP contribution in [0, 0.1) is 51.2 Å². The molecular formula is C110H149Cl3N18O8. The quantitative estimate of drug-likeness (QED) is 0.0257. The molecule has 26 nitrogen and oxygen atoms in total. The van der Waals surface area contributed by atoms with E-state index >= 15 is 0 Å². The summed E-state index contributed by atoms with van der Waals surface area (Å²) in [5.74, 6) is 5.19. The molecule has 29 heteroatoms. The normalized spacial score (nSPS) is 17.8. The topological polar surface area (TPSA) is 325 Å². The summed E-state index contributed by atoms with van der Waals surface area (Å²) in [6, 6.07) is 37.3. The van der Waals surface area contributed by atoms with Crippen molar-refractivity contribution < 1.29 is 39.3 Å². The van der Waals surface area contributed by atoms with Crippen molar-refractivity contribution in [1.82, 2.24) is 57.3 Å². The number of fused-ring (bicyclic) bond motifs is 6. The third kappa shape index (κ3) is 25.5. The Morgan fingerprint density at radius 3 is 0.806 bits per heavy atom. The molecule has 0 radical (unpaired) electrons. The van der Waals surface area contributed by atoms with Gasteiger partial charge in [0.05, 0.1) is 84.5 Å². The van der Waals surface area contributed by atoms with Crippen molar-refractivity contribution in [3.63, 3.8) is 0 Å². The molecule has 7 aliphatic rings. The molecular weight excluding hydrogens is 1810 g/mol. The average Bonchev–Trinajstić information content (AvgIpc) is 1.62. The minimum absolute atomic E-state index is 0.00260. The van der Waals surface area contributed by atoms with Gasteiger partial charge in [0, 0.05) is 94.0 Å². The summed E-state index contributed by atoms with van der Waals surface area (Å²) in [4.78, 5) is 89.8. The highest BCUT2D eigenvalue weighted by Crippen LogP contribution is 2.56. The van der Waals surface area contributed by atoms with E-state index in [0.29, 0.717) is 119 Å². The second-order valence-electron chi connectivity index (χ2n) is 45.1. The summed E-state index contributed by atoms with van der Waals surface area (Å²) in [6.45, 7) is 44.9. The lowest BCUT2D eigenvalue weighted by molar-refractivity contribution is -0.121. The number of rotatable bonds is 25. The molecule has 6 aromatic heterocycles. The average molecular weight is 1960 g/mol. The van der Waals surface area contributed by atoms with E-state index in [0.717, 1.165) is 164 Å². The van der Waals surface area contributed by atoms with Gasteiger partial charge in [-0.15, -0.1) is 0 Å². The number of aromatic nitrogens is 12. The van der Waals surface area contributed by atoms with Crippen LogP contribution in [0.1, 0.15) is 357 Å². The minimum Gasteiger partial charge on any atom is -0.389 e. The van der Waals surface area contributed by atoms with Crippen LogP contribution in [0.5, 0.6) is 0 Å². The first-order chi connectivity index (χ1) is 65.7. The predicted molar refractivity (Wildman–Crippen MR) is 565 cm³/mol. The smallest absolute Gasteiger partial charge is 0.229 e. The highest BCUT2D eigenvalue weighted by atomic mass is 35.5. The lowest BCUT2D eigenvalue weighted by Gasteiger charge is -2.29. The zero-order chi connectivity index (χ0) is 100. The molecule has 7 fully saturated rings. The Morgan fingerprint density at radius 2 is 0.590 bits per heavy atom. The molecule has 6 aromatic carbocycles. The van der Waals surface area contributed by atoms with E-state index in [-0.39, 0.29) is 63.5 Å². The van der Waals surface area contributed by atoms with Crippen LogP contribution in [0.25, 0.3) is 66.2 Å². The third-order valence-corrected chi connectivity index (χ3v) is 29.5. The number of halogens is 3. The number of allylic oxidation sites excluding steroid dienone is 1. The van der Waals surface area contributed by atoms with Gasteiger partial charge in [-0.25, -0.2) is 29.9 Å². The maximum absolute atomic E-state index is 12.5. The molecule has 748 valence electrons. The molecule has 6 atom stereocenters. The van der Waals surface area contributed by atoms with Gasteiger partial charge < -0.3 is 48.0 Å². The predicted octanol–water partition coefficient (Wildman–Crippen LogP) is 27.6. The number of imidazole rings is 6. The van der Waals surface area contributed by atoms with Gasteiger partial charge in [0.25, 0.3) is 0 Å². The van der Waals surface area contributed by atoms with Gasteiger partial charge in [-0.2, -0.15) is 0 Å². The van der Waals surface area contributed by atoms with Gasteiger partial charge in [0.15, 0.2) is 0 Å². The number of amides is 5. The van der Waals surface area contributed by atoms with Crippen molar-refractivity contribution >= 4 is 166 Å². The molecule has 0 spiro atoms. The van der Waals surface area contributed by atoms with Crippen molar-refractivity contribution in [3.05, 3.63) is 153 Å². The van der Waals surface area contributed by atoms with Gasteiger partial charge in [-0.3, -0.25) is 50.6 Å². The van der Waals surface area contributed by atoms with Gasteiger partial charge in [-0.05, 0) is 283 Å². The summed E-state index contributed by atoms with van der Waals surface area (Å²) in [7, 11) is 0. The first-order valence-electron chi connectivity index (χ1n) is 50.8. The van der Waals surface area contributed by atoms with Crippen LogP contribution in [0.3, 0.4) is 0 Å². The number of hydrogen-bond acceptors (Lipinski definition) is 15. The fourth-order valence-corrected chi connectivity index (χ4v) is 18.9. The zero-order valence-electron chi connectivity index (χ0n) is 85.3. The summed E-state index contributed by atoms with van der Waals surface area (Å²) in [5, 5.41) is 50.6. The Hall–Kier alpha value is -10.2. The molecule has 9 N–H and O–H groups in total. The number of aliphatic hydroxyl groups excluding tert-OH is 3.